The molecular weight excluding hydrogens is 240 g/mol. The molecule has 0 unspecified atom stereocenters. The van der Waals surface area contributed by atoms with Gasteiger partial charge < -0.3 is 14.2 Å². The topological polar surface area (TPSA) is 78.9 Å². The van der Waals surface area contributed by atoms with Gasteiger partial charge in [-0.3, -0.25) is 9.59 Å². The number of cyclic esters (lactones) is 1. The number of rotatable bonds is 3. The largest absolute Gasteiger partial charge is 0.493 e. The molecule has 0 radical (unpaired) electrons. The minimum Gasteiger partial charge on any atom is -0.493 e. The van der Waals surface area contributed by atoms with E-state index >= 15 is 0 Å². The molecule has 2 rings (SSSR count). The van der Waals surface area contributed by atoms with Gasteiger partial charge >= 0.3 is 11.8 Å². The van der Waals surface area contributed by atoms with Crippen molar-refractivity contribution in [3.63, 3.8) is 0 Å². The minimum atomic E-state index is -1.19. The van der Waals surface area contributed by atoms with Crippen molar-refractivity contribution in [1.29, 1.82) is 0 Å². The first-order chi connectivity index (χ1) is 8.58. The Kier molecular flexibility index (Phi) is 3.01. The fourth-order valence-electron chi connectivity index (χ4n) is 1.67. The van der Waals surface area contributed by atoms with Crippen molar-refractivity contribution >= 4 is 17.5 Å². The van der Waals surface area contributed by atoms with Crippen LogP contribution in [0.15, 0.2) is 18.2 Å². The summed E-state index contributed by atoms with van der Waals surface area (Å²) in [7, 11) is 2.91. The van der Waals surface area contributed by atoms with E-state index in [1.165, 1.54) is 26.4 Å². The Morgan fingerprint density at radius 1 is 1.06 bits per heavy atom. The van der Waals surface area contributed by atoms with Gasteiger partial charge in [-0.1, -0.05) is 6.07 Å². The normalized spacial score (nSPS) is 18.8. The van der Waals surface area contributed by atoms with Gasteiger partial charge in [-0.15, -0.1) is 0 Å². The van der Waals surface area contributed by atoms with Crippen molar-refractivity contribution in [2.75, 3.05) is 14.2 Å². The van der Waals surface area contributed by atoms with Gasteiger partial charge in [-0.2, -0.15) is 0 Å². The van der Waals surface area contributed by atoms with Crippen LogP contribution in [0.1, 0.15) is 11.7 Å². The highest BCUT2D eigenvalue weighted by Crippen LogP contribution is 2.33. The summed E-state index contributed by atoms with van der Waals surface area (Å²) in [4.78, 5) is 33.6. The number of benzene rings is 1. The van der Waals surface area contributed by atoms with Crippen LogP contribution in [-0.2, 0) is 19.1 Å². The number of carbonyl (C=O) groups excluding carboxylic acids is 3. The fraction of sp³-hybridized carbons (Fsp3) is 0.250. The summed E-state index contributed by atoms with van der Waals surface area (Å²) in [6, 6.07) is 4.60. The molecule has 1 atom stereocenters. The summed E-state index contributed by atoms with van der Waals surface area (Å²) in [5.41, 5.74) is 0.372. The summed E-state index contributed by atoms with van der Waals surface area (Å²) in [5.74, 6) is -2.26. The first kappa shape index (κ1) is 12.1. The Bertz CT molecular complexity index is 533. The molecule has 0 N–H and O–H groups in total. The lowest BCUT2D eigenvalue weighted by molar-refractivity contribution is -0.149. The van der Waals surface area contributed by atoms with E-state index in [1.807, 2.05) is 0 Å². The van der Waals surface area contributed by atoms with Gasteiger partial charge in [0.05, 0.1) is 14.2 Å². The monoisotopic (exact) mass is 250 g/mol. The smallest absolute Gasteiger partial charge is 0.384 e. The lowest BCUT2D eigenvalue weighted by Gasteiger charge is -2.11. The zero-order valence-corrected chi connectivity index (χ0v) is 9.76. The maximum absolute atomic E-state index is 11.5. The molecule has 94 valence electrons. The van der Waals surface area contributed by atoms with E-state index in [0.717, 1.165) is 0 Å². The molecule has 6 nitrogen and oxygen atoms in total. The molecular formula is C12H10O6. The average Bonchev–Trinajstić information content (AvgIpc) is 2.65. The molecule has 1 aliphatic heterocycles. The number of methoxy groups -OCH3 is 2. The summed E-state index contributed by atoms with van der Waals surface area (Å²) in [6.45, 7) is 0. The molecule has 0 bridgehead atoms. The second kappa shape index (κ2) is 4.48. The second-order valence-electron chi connectivity index (χ2n) is 3.59. The molecule has 0 saturated carbocycles. The third-order valence-corrected chi connectivity index (χ3v) is 2.58. The number of esters is 1. The van der Waals surface area contributed by atoms with Crippen LogP contribution in [0.2, 0.25) is 0 Å². The number of Topliss-reactive ketones (excluding diaryl/α,β-unsaturated/α-hetero) is 2. The molecule has 1 aromatic carbocycles. The quantitative estimate of drug-likeness (QED) is 0.572. The van der Waals surface area contributed by atoms with Crippen LogP contribution in [0.3, 0.4) is 0 Å². The van der Waals surface area contributed by atoms with Gasteiger partial charge in [0.25, 0.3) is 5.78 Å². The lowest BCUT2D eigenvalue weighted by atomic mass is 10.0. The molecule has 1 saturated heterocycles. The molecule has 1 aromatic rings. The van der Waals surface area contributed by atoms with Crippen molar-refractivity contribution in [2.24, 2.45) is 0 Å². The molecule has 0 amide bonds. The molecule has 0 aliphatic carbocycles. The standard InChI is InChI=1S/C12H10O6/c1-16-7-4-3-6(5-8(7)17-2)11-9(13)10(14)12(15)18-11/h3-5,11H,1-2H3/t11-/m1/s1. The predicted molar refractivity (Wildman–Crippen MR) is 58.4 cm³/mol. The van der Waals surface area contributed by atoms with Gasteiger partial charge in [-0.25, -0.2) is 4.79 Å². The van der Waals surface area contributed by atoms with Crippen molar-refractivity contribution in [2.45, 2.75) is 6.10 Å². The molecule has 1 aliphatic rings. The van der Waals surface area contributed by atoms with Crippen molar-refractivity contribution in [1.82, 2.24) is 0 Å². The molecule has 1 fully saturated rings. The first-order valence-corrected chi connectivity index (χ1v) is 5.09. The highest BCUT2D eigenvalue weighted by Gasteiger charge is 2.43. The van der Waals surface area contributed by atoms with Crippen molar-refractivity contribution < 1.29 is 28.6 Å². The Labute approximate surface area is 102 Å². The number of hydrogen-bond acceptors (Lipinski definition) is 6. The minimum absolute atomic E-state index is 0.372. The Hall–Kier alpha value is -2.37. The highest BCUT2D eigenvalue weighted by molar-refractivity contribution is 6.65. The summed E-state index contributed by atoms with van der Waals surface area (Å²) in [6.07, 6.45) is -1.19. The zero-order chi connectivity index (χ0) is 13.3. The average molecular weight is 250 g/mol. The van der Waals surface area contributed by atoms with Crippen LogP contribution in [0.4, 0.5) is 0 Å². The maximum atomic E-state index is 11.5. The van der Waals surface area contributed by atoms with Crippen LogP contribution in [0.25, 0.3) is 0 Å². The fourth-order valence-corrected chi connectivity index (χ4v) is 1.67. The first-order valence-electron chi connectivity index (χ1n) is 5.09. The van der Waals surface area contributed by atoms with E-state index in [1.54, 1.807) is 6.07 Å². The SMILES string of the molecule is COc1ccc([C@H]2OC(=O)C(=O)C2=O)cc1OC. The van der Waals surface area contributed by atoms with Gasteiger partial charge in [-0.05, 0) is 12.1 Å². The van der Waals surface area contributed by atoms with E-state index < -0.39 is 23.6 Å². The second-order valence-corrected chi connectivity index (χ2v) is 3.59. The van der Waals surface area contributed by atoms with E-state index in [9.17, 15) is 14.4 Å². The Morgan fingerprint density at radius 3 is 2.22 bits per heavy atom. The van der Waals surface area contributed by atoms with E-state index in [-0.39, 0.29) is 0 Å². The van der Waals surface area contributed by atoms with Crippen LogP contribution >= 0.6 is 0 Å². The zero-order valence-electron chi connectivity index (χ0n) is 9.76. The van der Waals surface area contributed by atoms with E-state index in [4.69, 9.17) is 14.2 Å². The van der Waals surface area contributed by atoms with Gasteiger partial charge in [0.15, 0.2) is 17.6 Å². The molecule has 18 heavy (non-hydrogen) atoms. The molecule has 0 aromatic heterocycles. The van der Waals surface area contributed by atoms with Gasteiger partial charge in [0, 0.05) is 5.56 Å². The third-order valence-electron chi connectivity index (χ3n) is 2.58. The Balaban J connectivity index is 2.38. The Morgan fingerprint density at radius 2 is 1.72 bits per heavy atom. The van der Waals surface area contributed by atoms with E-state index in [2.05, 4.69) is 0 Å². The van der Waals surface area contributed by atoms with Crippen LogP contribution in [-0.4, -0.2) is 31.8 Å². The summed E-state index contributed by atoms with van der Waals surface area (Å²) >= 11 is 0. The van der Waals surface area contributed by atoms with Crippen molar-refractivity contribution in [3.8, 4) is 11.5 Å². The summed E-state index contributed by atoms with van der Waals surface area (Å²) < 4.78 is 14.8. The number of hydrogen-bond donors (Lipinski definition) is 0. The van der Waals surface area contributed by atoms with Gasteiger partial charge in [0.2, 0.25) is 0 Å². The van der Waals surface area contributed by atoms with Crippen LogP contribution in [0, 0.1) is 0 Å². The third kappa shape index (κ3) is 1.81. The summed E-state index contributed by atoms with van der Waals surface area (Å²) in [5, 5.41) is 0. The molecule has 6 heteroatoms. The number of ketones is 2. The van der Waals surface area contributed by atoms with Crippen LogP contribution in [0.5, 0.6) is 11.5 Å². The molecule has 0 spiro atoms. The maximum Gasteiger partial charge on any atom is 0.384 e. The number of carbonyl (C=O) groups is 3. The van der Waals surface area contributed by atoms with Crippen molar-refractivity contribution in [3.05, 3.63) is 23.8 Å². The highest BCUT2D eigenvalue weighted by atomic mass is 16.6. The van der Waals surface area contributed by atoms with E-state index in [0.29, 0.717) is 17.1 Å². The van der Waals surface area contributed by atoms with Gasteiger partial charge in [0.1, 0.15) is 0 Å². The number of ether oxygens (including phenoxy) is 3. The van der Waals surface area contributed by atoms with Crippen LogP contribution < -0.4 is 9.47 Å². The molecule has 1 heterocycles. The lowest BCUT2D eigenvalue weighted by Crippen LogP contribution is -2.15. The predicted octanol–water partition coefficient (Wildman–Crippen LogP) is 0.440.